The van der Waals surface area contributed by atoms with Crippen LogP contribution in [0.5, 0.6) is 0 Å². The Hall–Kier alpha value is -1.49. The van der Waals surface area contributed by atoms with Gasteiger partial charge in [0.05, 0.1) is 12.3 Å². The molecule has 0 bridgehead atoms. The molecule has 1 saturated carbocycles. The average molecular weight is 251 g/mol. The number of rotatable bonds is 6. The fraction of sp³-hybridized carbons (Fsp3) is 0.615. The van der Waals surface area contributed by atoms with Crippen LogP contribution in [0.4, 0.5) is 5.69 Å². The third kappa shape index (κ3) is 2.67. The highest BCUT2D eigenvalue weighted by Crippen LogP contribution is 2.37. The number of amides is 1. The molecule has 1 aliphatic rings. The molecule has 1 aromatic heterocycles. The zero-order chi connectivity index (χ0) is 13.1. The summed E-state index contributed by atoms with van der Waals surface area (Å²) in [6.07, 6.45) is 4.15. The van der Waals surface area contributed by atoms with Crippen LogP contribution in [0.2, 0.25) is 0 Å². The number of nitrogens with zero attached hydrogens (tertiary/aromatic N) is 2. The van der Waals surface area contributed by atoms with Crippen molar-refractivity contribution >= 4 is 11.6 Å². The van der Waals surface area contributed by atoms with Crippen molar-refractivity contribution in [2.24, 2.45) is 0 Å². The van der Waals surface area contributed by atoms with E-state index < -0.39 is 0 Å². The lowest BCUT2D eigenvalue weighted by Crippen LogP contribution is -2.34. The standard InChI is InChI=1S/C13H21N3O2/c1-3-15(6-7-18-2)13(17)12-8-10(14)9-16(12)11-4-5-11/h8-9,11H,3-7,14H2,1-2H3. The minimum Gasteiger partial charge on any atom is -0.397 e. The molecule has 0 aromatic carbocycles. The molecule has 0 saturated heterocycles. The summed E-state index contributed by atoms with van der Waals surface area (Å²) in [7, 11) is 1.64. The quantitative estimate of drug-likeness (QED) is 0.833. The van der Waals surface area contributed by atoms with Gasteiger partial charge in [0.25, 0.3) is 5.91 Å². The van der Waals surface area contributed by atoms with E-state index in [-0.39, 0.29) is 5.91 Å². The number of ether oxygens (including phenoxy) is 1. The smallest absolute Gasteiger partial charge is 0.270 e. The minimum absolute atomic E-state index is 0.0400. The van der Waals surface area contributed by atoms with E-state index in [1.165, 1.54) is 0 Å². The molecule has 2 N–H and O–H groups in total. The molecule has 1 amide bonds. The lowest BCUT2D eigenvalue weighted by atomic mass is 10.3. The number of nitrogen functional groups attached to an aromatic ring is 1. The lowest BCUT2D eigenvalue weighted by Gasteiger charge is -2.21. The van der Waals surface area contributed by atoms with Crippen molar-refractivity contribution in [1.29, 1.82) is 0 Å². The van der Waals surface area contributed by atoms with Crippen LogP contribution < -0.4 is 5.73 Å². The van der Waals surface area contributed by atoms with Crippen LogP contribution in [-0.4, -0.2) is 42.2 Å². The molecule has 0 radical (unpaired) electrons. The Bertz CT molecular complexity index is 424. The Labute approximate surface area is 108 Å². The summed E-state index contributed by atoms with van der Waals surface area (Å²) in [6, 6.07) is 2.23. The zero-order valence-electron chi connectivity index (χ0n) is 11.1. The predicted molar refractivity (Wildman–Crippen MR) is 70.6 cm³/mol. The van der Waals surface area contributed by atoms with Crippen LogP contribution in [0, 0.1) is 0 Å². The maximum atomic E-state index is 12.4. The minimum atomic E-state index is 0.0400. The number of hydrogen-bond acceptors (Lipinski definition) is 3. The number of likely N-dealkylation sites (N-methyl/N-ethyl adjacent to an activating group) is 1. The van der Waals surface area contributed by atoms with Gasteiger partial charge in [-0.05, 0) is 25.8 Å². The van der Waals surface area contributed by atoms with Crippen LogP contribution in [-0.2, 0) is 4.74 Å². The number of nitrogens with two attached hydrogens (primary N) is 1. The van der Waals surface area contributed by atoms with Gasteiger partial charge in [0, 0.05) is 32.4 Å². The van der Waals surface area contributed by atoms with Gasteiger partial charge in [0.2, 0.25) is 0 Å². The van der Waals surface area contributed by atoms with Crippen molar-refractivity contribution in [3.05, 3.63) is 18.0 Å². The van der Waals surface area contributed by atoms with E-state index in [2.05, 4.69) is 0 Å². The number of aromatic nitrogens is 1. The van der Waals surface area contributed by atoms with E-state index in [1.807, 2.05) is 17.7 Å². The van der Waals surface area contributed by atoms with Crippen LogP contribution in [0.3, 0.4) is 0 Å². The number of hydrogen-bond donors (Lipinski definition) is 1. The molecule has 1 aliphatic carbocycles. The molecule has 1 fully saturated rings. The molecule has 5 nitrogen and oxygen atoms in total. The van der Waals surface area contributed by atoms with Crippen molar-refractivity contribution in [3.8, 4) is 0 Å². The van der Waals surface area contributed by atoms with E-state index in [0.717, 1.165) is 12.8 Å². The SMILES string of the molecule is CCN(CCOC)C(=O)c1cc(N)cn1C1CC1. The first-order chi connectivity index (χ1) is 8.67. The summed E-state index contributed by atoms with van der Waals surface area (Å²) in [6.45, 7) is 3.82. The highest BCUT2D eigenvalue weighted by Gasteiger charge is 2.29. The molecule has 0 atom stereocenters. The number of methoxy groups -OCH3 is 1. The highest BCUT2D eigenvalue weighted by molar-refractivity contribution is 5.94. The first-order valence-electron chi connectivity index (χ1n) is 6.43. The van der Waals surface area contributed by atoms with Gasteiger partial charge >= 0.3 is 0 Å². The van der Waals surface area contributed by atoms with Gasteiger partial charge in [-0.25, -0.2) is 0 Å². The van der Waals surface area contributed by atoms with E-state index in [0.29, 0.717) is 37.1 Å². The van der Waals surface area contributed by atoms with Crippen molar-refractivity contribution in [2.75, 3.05) is 32.5 Å². The summed E-state index contributed by atoms with van der Waals surface area (Å²) in [4.78, 5) is 14.2. The molecule has 1 heterocycles. The largest absolute Gasteiger partial charge is 0.397 e. The molecular weight excluding hydrogens is 230 g/mol. The maximum absolute atomic E-state index is 12.4. The Balaban J connectivity index is 2.15. The second kappa shape index (κ2) is 5.44. The lowest BCUT2D eigenvalue weighted by molar-refractivity contribution is 0.0695. The van der Waals surface area contributed by atoms with Crippen molar-refractivity contribution in [1.82, 2.24) is 9.47 Å². The second-order valence-electron chi connectivity index (χ2n) is 4.67. The van der Waals surface area contributed by atoms with Crippen LogP contribution in [0.25, 0.3) is 0 Å². The van der Waals surface area contributed by atoms with Gasteiger partial charge < -0.3 is 19.9 Å². The summed E-state index contributed by atoms with van der Waals surface area (Å²) >= 11 is 0. The molecule has 1 aromatic rings. The first kappa shape index (κ1) is 13.0. The number of carbonyl (C=O) groups excluding carboxylic acids is 1. The van der Waals surface area contributed by atoms with Gasteiger partial charge in [0.1, 0.15) is 5.69 Å². The van der Waals surface area contributed by atoms with Crippen molar-refractivity contribution in [2.45, 2.75) is 25.8 Å². The molecule has 5 heteroatoms. The zero-order valence-corrected chi connectivity index (χ0v) is 11.1. The molecule has 0 spiro atoms. The Morgan fingerprint density at radius 1 is 1.61 bits per heavy atom. The maximum Gasteiger partial charge on any atom is 0.270 e. The number of carbonyl (C=O) groups is 1. The first-order valence-corrected chi connectivity index (χ1v) is 6.43. The predicted octanol–water partition coefficient (Wildman–Crippen LogP) is 1.51. The molecule has 0 unspecified atom stereocenters. The number of anilines is 1. The molecule has 100 valence electrons. The van der Waals surface area contributed by atoms with Gasteiger partial charge in [-0.2, -0.15) is 0 Å². The Morgan fingerprint density at radius 2 is 2.33 bits per heavy atom. The van der Waals surface area contributed by atoms with Gasteiger partial charge in [-0.1, -0.05) is 0 Å². The summed E-state index contributed by atoms with van der Waals surface area (Å²) in [5.41, 5.74) is 7.17. The highest BCUT2D eigenvalue weighted by atomic mass is 16.5. The third-order valence-corrected chi connectivity index (χ3v) is 3.26. The van der Waals surface area contributed by atoms with Crippen LogP contribution in [0.15, 0.2) is 12.3 Å². The monoisotopic (exact) mass is 251 g/mol. The normalized spacial score (nSPS) is 14.8. The van der Waals surface area contributed by atoms with E-state index in [9.17, 15) is 4.79 Å². The van der Waals surface area contributed by atoms with E-state index >= 15 is 0 Å². The summed E-state index contributed by atoms with van der Waals surface area (Å²) < 4.78 is 7.05. The van der Waals surface area contributed by atoms with Crippen LogP contribution in [0.1, 0.15) is 36.3 Å². The Kier molecular flexibility index (Phi) is 3.91. The van der Waals surface area contributed by atoms with Gasteiger partial charge in [-0.3, -0.25) is 4.79 Å². The second-order valence-corrected chi connectivity index (χ2v) is 4.67. The average Bonchev–Trinajstić information content (AvgIpc) is 3.13. The topological polar surface area (TPSA) is 60.5 Å². The van der Waals surface area contributed by atoms with Crippen molar-refractivity contribution < 1.29 is 9.53 Å². The Morgan fingerprint density at radius 3 is 2.89 bits per heavy atom. The summed E-state index contributed by atoms with van der Waals surface area (Å²) in [5, 5.41) is 0. The van der Waals surface area contributed by atoms with Gasteiger partial charge in [-0.15, -0.1) is 0 Å². The fourth-order valence-corrected chi connectivity index (χ4v) is 2.09. The summed E-state index contributed by atoms with van der Waals surface area (Å²) in [5.74, 6) is 0.0400. The van der Waals surface area contributed by atoms with Gasteiger partial charge in [0.15, 0.2) is 0 Å². The van der Waals surface area contributed by atoms with Crippen molar-refractivity contribution in [3.63, 3.8) is 0 Å². The molecule has 0 aliphatic heterocycles. The van der Waals surface area contributed by atoms with E-state index in [1.54, 1.807) is 18.1 Å². The van der Waals surface area contributed by atoms with E-state index in [4.69, 9.17) is 10.5 Å². The molecule has 18 heavy (non-hydrogen) atoms. The van der Waals surface area contributed by atoms with Crippen LogP contribution >= 0.6 is 0 Å². The molecule has 2 rings (SSSR count). The fourth-order valence-electron chi connectivity index (χ4n) is 2.09. The molecular formula is C13H21N3O2. The third-order valence-electron chi connectivity index (χ3n) is 3.26.